The van der Waals surface area contributed by atoms with E-state index in [1.165, 1.54) is 24.3 Å². The predicted octanol–water partition coefficient (Wildman–Crippen LogP) is 2.63. The Kier molecular flexibility index (Phi) is 3.56. The zero-order valence-corrected chi connectivity index (χ0v) is 13.5. The fraction of sp³-hybridized carbons (Fsp3) is 0.222. The molecule has 2 aliphatic heterocycles. The highest BCUT2D eigenvalue weighted by atomic mass is 19.1. The molecule has 2 aromatic carbocycles. The van der Waals surface area contributed by atoms with Crippen LogP contribution in [0.1, 0.15) is 11.1 Å². The van der Waals surface area contributed by atoms with E-state index in [4.69, 9.17) is 0 Å². The van der Waals surface area contributed by atoms with Crippen molar-refractivity contribution in [2.75, 3.05) is 4.90 Å². The van der Waals surface area contributed by atoms with Gasteiger partial charge >= 0.3 is 0 Å². The lowest BCUT2D eigenvalue weighted by molar-refractivity contribution is -0.123. The molecule has 2 aliphatic rings. The van der Waals surface area contributed by atoms with Crippen molar-refractivity contribution in [3.8, 4) is 0 Å². The summed E-state index contributed by atoms with van der Waals surface area (Å²) in [5.74, 6) is -1.25. The molecule has 1 fully saturated rings. The number of hydrogen-bond acceptors (Lipinski definition) is 5. The Morgan fingerprint density at radius 2 is 1.68 bits per heavy atom. The lowest BCUT2D eigenvalue weighted by Crippen LogP contribution is -2.39. The van der Waals surface area contributed by atoms with E-state index >= 15 is 0 Å². The van der Waals surface area contributed by atoms with Crippen LogP contribution in [0.5, 0.6) is 0 Å². The molecule has 0 bridgehead atoms. The monoisotopic (exact) mass is 338 g/mol. The van der Waals surface area contributed by atoms with Crippen LogP contribution in [0.3, 0.4) is 0 Å². The van der Waals surface area contributed by atoms with Crippen molar-refractivity contribution in [2.24, 2.45) is 10.3 Å². The van der Waals surface area contributed by atoms with Gasteiger partial charge in [-0.3, -0.25) is 14.6 Å². The molecule has 2 atom stereocenters. The maximum absolute atomic E-state index is 13.1. The highest BCUT2D eigenvalue weighted by molar-refractivity contribution is 6.25. The molecule has 4 rings (SSSR count). The number of anilines is 1. The second-order valence-electron chi connectivity index (χ2n) is 6.17. The molecule has 0 aromatic heterocycles. The molecular weight excluding hydrogens is 323 g/mol. The summed E-state index contributed by atoms with van der Waals surface area (Å²) < 4.78 is 13.1. The van der Waals surface area contributed by atoms with Crippen LogP contribution < -0.4 is 4.90 Å². The first-order valence-corrected chi connectivity index (χ1v) is 7.91. The van der Waals surface area contributed by atoms with E-state index in [1.54, 1.807) is 5.01 Å². The third-order valence-electron chi connectivity index (χ3n) is 4.41. The minimum Gasteiger partial charge on any atom is -0.271 e. The molecule has 0 spiro atoms. The standard InChI is InChI=1S/C18H15FN4O2/c1-11-2-4-12(5-3-11)10-22-16-15(20-21-22)17(24)23(18(16)25)14-8-6-13(19)7-9-14/h2-9,15-16H,10H2,1H3/t15-,16+/m0/s1. The second-order valence-corrected chi connectivity index (χ2v) is 6.17. The molecule has 0 radical (unpaired) electrons. The topological polar surface area (TPSA) is 65.3 Å². The van der Waals surface area contributed by atoms with Gasteiger partial charge in [0.2, 0.25) is 0 Å². The number of rotatable bonds is 3. The van der Waals surface area contributed by atoms with Crippen LogP contribution in [0.15, 0.2) is 58.9 Å². The molecule has 0 N–H and O–H groups in total. The highest BCUT2D eigenvalue weighted by Gasteiger charge is 2.54. The van der Waals surface area contributed by atoms with Crippen molar-refractivity contribution in [3.63, 3.8) is 0 Å². The lowest BCUT2D eigenvalue weighted by Gasteiger charge is -2.20. The number of aryl methyl sites for hydroxylation is 1. The van der Waals surface area contributed by atoms with Crippen molar-refractivity contribution in [1.82, 2.24) is 5.01 Å². The number of benzene rings is 2. The van der Waals surface area contributed by atoms with Gasteiger partial charge in [-0.1, -0.05) is 35.1 Å². The molecule has 0 unspecified atom stereocenters. The average molecular weight is 338 g/mol. The first kappa shape index (κ1) is 15.4. The Hall–Kier alpha value is -3.09. The van der Waals surface area contributed by atoms with Crippen molar-refractivity contribution < 1.29 is 14.0 Å². The molecule has 0 aliphatic carbocycles. The number of nitrogens with zero attached hydrogens (tertiary/aromatic N) is 4. The molecule has 0 saturated carbocycles. The Morgan fingerprint density at radius 3 is 2.36 bits per heavy atom. The number of carbonyl (C=O) groups is 2. The molecule has 1 saturated heterocycles. The van der Waals surface area contributed by atoms with Crippen LogP contribution >= 0.6 is 0 Å². The summed E-state index contributed by atoms with van der Waals surface area (Å²) in [4.78, 5) is 26.4. The van der Waals surface area contributed by atoms with Gasteiger partial charge in [0, 0.05) is 0 Å². The molecule has 2 aromatic rings. The third-order valence-corrected chi connectivity index (χ3v) is 4.41. The lowest BCUT2D eigenvalue weighted by atomic mass is 10.1. The fourth-order valence-electron chi connectivity index (χ4n) is 3.08. The van der Waals surface area contributed by atoms with E-state index in [0.29, 0.717) is 12.2 Å². The molecular formula is C18H15FN4O2. The molecule has 25 heavy (non-hydrogen) atoms. The van der Waals surface area contributed by atoms with E-state index in [1.807, 2.05) is 31.2 Å². The van der Waals surface area contributed by atoms with Crippen molar-refractivity contribution in [1.29, 1.82) is 0 Å². The second kappa shape index (κ2) is 5.77. The van der Waals surface area contributed by atoms with E-state index in [0.717, 1.165) is 16.0 Å². The van der Waals surface area contributed by atoms with Crippen LogP contribution in [-0.4, -0.2) is 28.9 Å². The van der Waals surface area contributed by atoms with Crippen LogP contribution in [-0.2, 0) is 16.1 Å². The summed E-state index contributed by atoms with van der Waals surface area (Å²) >= 11 is 0. The van der Waals surface area contributed by atoms with Crippen LogP contribution in [0.4, 0.5) is 10.1 Å². The van der Waals surface area contributed by atoms with E-state index < -0.39 is 29.7 Å². The molecule has 126 valence electrons. The normalized spacial score (nSPS) is 22.0. The highest BCUT2D eigenvalue weighted by Crippen LogP contribution is 2.32. The number of amides is 2. The van der Waals surface area contributed by atoms with Gasteiger partial charge in [-0.25, -0.2) is 9.29 Å². The summed E-state index contributed by atoms with van der Waals surface area (Å²) in [6.45, 7) is 2.39. The number of fused-ring (bicyclic) bond motifs is 1. The minimum atomic E-state index is -0.844. The summed E-state index contributed by atoms with van der Waals surface area (Å²) in [7, 11) is 0. The Bertz CT molecular complexity index is 864. The minimum absolute atomic E-state index is 0.344. The van der Waals surface area contributed by atoms with Gasteiger partial charge in [-0.05, 0) is 36.8 Å². The number of imide groups is 1. The number of carbonyl (C=O) groups excluding carboxylic acids is 2. The van der Waals surface area contributed by atoms with Crippen LogP contribution in [0, 0.1) is 12.7 Å². The predicted molar refractivity (Wildman–Crippen MR) is 88.0 cm³/mol. The van der Waals surface area contributed by atoms with Gasteiger partial charge in [0.15, 0.2) is 12.1 Å². The summed E-state index contributed by atoms with van der Waals surface area (Å²) in [5, 5.41) is 9.53. The Morgan fingerprint density at radius 1 is 1.00 bits per heavy atom. The van der Waals surface area contributed by atoms with E-state index in [9.17, 15) is 14.0 Å². The third kappa shape index (κ3) is 2.57. The van der Waals surface area contributed by atoms with Crippen LogP contribution in [0.25, 0.3) is 0 Å². The van der Waals surface area contributed by atoms with Crippen molar-refractivity contribution >= 4 is 17.5 Å². The Labute approximate surface area is 143 Å². The zero-order valence-electron chi connectivity index (χ0n) is 13.5. The van der Waals surface area contributed by atoms with Gasteiger partial charge in [-0.2, -0.15) is 5.11 Å². The largest absolute Gasteiger partial charge is 0.271 e. The van der Waals surface area contributed by atoms with Gasteiger partial charge in [0.25, 0.3) is 11.8 Å². The maximum Gasteiger partial charge on any atom is 0.263 e. The zero-order chi connectivity index (χ0) is 17.6. The first-order valence-electron chi connectivity index (χ1n) is 7.91. The van der Waals surface area contributed by atoms with Crippen LogP contribution in [0.2, 0.25) is 0 Å². The van der Waals surface area contributed by atoms with Gasteiger partial charge in [0.1, 0.15) is 5.82 Å². The Balaban J connectivity index is 1.59. The van der Waals surface area contributed by atoms with Crippen molar-refractivity contribution in [2.45, 2.75) is 25.6 Å². The van der Waals surface area contributed by atoms with Gasteiger partial charge in [0.05, 0.1) is 12.2 Å². The maximum atomic E-state index is 13.1. The fourth-order valence-corrected chi connectivity index (χ4v) is 3.08. The van der Waals surface area contributed by atoms with Gasteiger partial charge < -0.3 is 0 Å². The summed E-state index contributed by atoms with van der Waals surface area (Å²) in [5.41, 5.74) is 2.46. The van der Waals surface area contributed by atoms with Crippen molar-refractivity contribution in [3.05, 3.63) is 65.5 Å². The molecule has 6 nitrogen and oxygen atoms in total. The number of hydrogen-bond donors (Lipinski definition) is 0. The van der Waals surface area contributed by atoms with Gasteiger partial charge in [-0.15, -0.1) is 0 Å². The molecule has 2 heterocycles. The smallest absolute Gasteiger partial charge is 0.263 e. The van der Waals surface area contributed by atoms with E-state index in [-0.39, 0.29) is 0 Å². The van der Waals surface area contributed by atoms with E-state index in [2.05, 4.69) is 10.3 Å². The molecule has 2 amide bonds. The summed E-state index contributed by atoms with van der Waals surface area (Å²) in [6, 6.07) is 11.5. The number of halogens is 1. The summed E-state index contributed by atoms with van der Waals surface area (Å²) in [6.07, 6.45) is 0. The SMILES string of the molecule is Cc1ccc(CN2N=N[C@@H]3C(=O)N(c4ccc(F)cc4)C(=O)[C@@H]32)cc1. The average Bonchev–Trinajstić information content (AvgIpc) is 3.12. The quantitative estimate of drug-likeness (QED) is 0.808. The molecule has 7 heteroatoms. The first-order chi connectivity index (χ1) is 12.0.